The van der Waals surface area contributed by atoms with E-state index < -0.39 is 6.10 Å². The number of rotatable bonds is 7. The summed E-state index contributed by atoms with van der Waals surface area (Å²) in [5.74, 6) is 0.415. The molecule has 0 bridgehead atoms. The molecule has 2 atom stereocenters. The summed E-state index contributed by atoms with van der Waals surface area (Å²) in [6, 6.07) is 0.200. The molecule has 0 aliphatic rings. The van der Waals surface area contributed by atoms with Crippen LogP contribution in [0.1, 0.15) is 20.3 Å². The molecule has 0 saturated heterocycles. The smallest absolute Gasteiger partial charge is 0.0895 e. The van der Waals surface area contributed by atoms with Crippen LogP contribution in [0.5, 0.6) is 0 Å². The lowest BCUT2D eigenvalue weighted by Gasteiger charge is -2.22. The van der Waals surface area contributed by atoms with Crippen LogP contribution in [0.3, 0.4) is 0 Å². The molecule has 0 saturated carbocycles. The molecule has 0 aliphatic heterocycles. The van der Waals surface area contributed by atoms with Gasteiger partial charge in [-0.3, -0.25) is 0 Å². The summed E-state index contributed by atoms with van der Waals surface area (Å²) in [6.07, 6.45) is -0.0320. The molecule has 4 heteroatoms. The van der Waals surface area contributed by atoms with Gasteiger partial charge >= 0.3 is 0 Å². The van der Waals surface area contributed by atoms with Crippen molar-refractivity contribution in [2.75, 3.05) is 19.8 Å². The molecule has 0 aromatic rings. The number of hydrogen-bond acceptors (Lipinski definition) is 4. The van der Waals surface area contributed by atoms with E-state index in [0.29, 0.717) is 18.9 Å². The number of aliphatic hydroxyl groups excluding tert-OH is 3. The SMILES string of the molecule is CC(C)C(CCO)NC[C@H](O)CO. The van der Waals surface area contributed by atoms with E-state index in [2.05, 4.69) is 19.2 Å². The van der Waals surface area contributed by atoms with E-state index in [0.717, 1.165) is 0 Å². The maximum atomic E-state index is 9.08. The predicted molar refractivity (Wildman–Crippen MR) is 51.4 cm³/mol. The third-order valence-electron chi connectivity index (χ3n) is 2.07. The predicted octanol–water partition coefficient (Wildman–Crippen LogP) is -0.664. The summed E-state index contributed by atoms with van der Waals surface area (Å²) < 4.78 is 0. The molecule has 4 nitrogen and oxygen atoms in total. The van der Waals surface area contributed by atoms with Gasteiger partial charge in [-0.25, -0.2) is 0 Å². The van der Waals surface area contributed by atoms with E-state index in [-0.39, 0.29) is 19.3 Å². The van der Waals surface area contributed by atoms with Gasteiger partial charge in [0.2, 0.25) is 0 Å². The first kappa shape index (κ1) is 12.8. The van der Waals surface area contributed by atoms with Gasteiger partial charge in [0.1, 0.15) is 0 Å². The number of aliphatic hydroxyl groups is 3. The lowest BCUT2D eigenvalue weighted by Crippen LogP contribution is -2.40. The molecular formula is C9H21NO3. The van der Waals surface area contributed by atoms with Crippen LogP contribution < -0.4 is 5.32 Å². The van der Waals surface area contributed by atoms with Gasteiger partial charge in [0.15, 0.2) is 0 Å². The fourth-order valence-corrected chi connectivity index (χ4v) is 1.16. The summed E-state index contributed by atoms with van der Waals surface area (Å²) >= 11 is 0. The maximum Gasteiger partial charge on any atom is 0.0895 e. The highest BCUT2D eigenvalue weighted by Crippen LogP contribution is 2.05. The Morgan fingerprint density at radius 3 is 2.23 bits per heavy atom. The first-order valence-corrected chi connectivity index (χ1v) is 4.75. The van der Waals surface area contributed by atoms with Crippen molar-refractivity contribution in [3.63, 3.8) is 0 Å². The molecule has 0 spiro atoms. The second-order valence-electron chi connectivity index (χ2n) is 3.61. The Hall–Kier alpha value is -0.160. The largest absolute Gasteiger partial charge is 0.396 e. The standard InChI is InChI=1S/C9H21NO3/c1-7(2)9(3-4-11)10-5-8(13)6-12/h7-13H,3-6H2,1-2H3/t8-,9?/m0/s1. The minimum Gasteiger partial charge on any atom is -0.396 e. The van der Waals surface area contributed by atoms with E-state index >= 15 is 0 Å². The Balaban J connectivity index is 3.68. The lowest BCUT2D eigenvalue weighted by atomic mass is 10.0. The van der Waals surface area contributed by atoms with Gasteiger partial charge in [0.05, 0.1) is 12.7 Å². The number of nitrogens with one attached hydrogen (secondary N) is 1. The van der Waals surface area contributed by atoms with Gasteiger partial charge in [-0.2, -0.15) is 0 Å². The monoisotopic (exact) mass is 191 g/mol. The van der Waals surface area contributed by atoms with Gasteiger partial charge in [-0.1, -0.05) is 13.8 Å². The minimum atomic E-state index is -0.708. The normalized spacial score (nSPS) is 16.2. The number of hydrogen-bond donors (Lipinski definition) is 4. The zero-order chi connectivity index (χ0) is 10.3. The molecular weight excluding hydrogens is 170 g/mol. The van der Waals surface area contributed by atoms with Crippen molar-refractivity contribution in [1.29, 1.82) is 0 Å². The van der Waals surface area contributed by atoms with Crippen LogP contribution in [-0.4, -0.2) is 47.2 Å². The van der Waals surface area contributed by atoms with Crippen LogP contribution in [0.2, 0.25) is 0 Å². The first-order valence-electron chi connectivity index (χ1n) is 4.75. The first-order chi connectivity index (χ1) is 6.11. The highest BCUT2D eigenvalue weighted by Gasteiger charge is 2.13. The van der Waals surface area contributed by atoms with Crippen LogP contribution in [0.25, 0.3) is 0 Å². The molecule has 1 unspecified atom stereocenters. The molecule has 0 fully saturated rings. The lowest BCUT2D eigenvalue weighted by molar-refractivity contribution is 0.0885. The molecule has 0 amide bonds. The molecule has 0 aliphatic carbocycles. The van der Waals surface area contributed by atoms with Crippen molar-refractivity contribution in [1.82, 2.24) is 5.32 Å². The maximum absolute atomic E-state index is 9.08. The fraction of sp³-hybridized carbons (Fsp3) is 1.00. The van der Waals surface area contributed by atoms with E-state index in [4.69, 9.17) is 15.3 Å². The molecule has 0 radical (unpaired) electrons. The average molecular weight is 191 g/mol. The van der Waals surface area contributed by atoms with Gasteiger partial charge in [-0.05, 0) is 12.3 Å². The third kappa shape index (κ3) is 5.99. The Morgan fingerprint density at radius 1 is 1.23 bits per heavy atom. The van der Waals surface area contributed by atoms with E-state index in [1.807, 2.05) is 0 Å². The Kier molecular flexibility index (Phi) is 7.17. The molecule has 80 valence electrons. The Bertz CT molecular complexity index is 119. The zero-order valence-corrected chi connectivity index (χ0v) is 8.40. The van der Waals surface area contributed by atoms with Crippen LogP contribution in [0.4, 0.5) is 0 Å². The Labute approximate surface area is 79.6 Å². The van der Waals surface area contributed by atoms with E-state index in [1.54, 1.807) is 0 Å². The summed E-state index contributed by atoms with van der Waals surface area (Å²) in [5, 5.41) is 29.5. The topological polar surface area (TPSA) is 72.7 Å². The second-order valence-corrected chi connectivity index (χ2v) is 3.61. The Morgan fingerprint density at radius 2 is 1.85 bits per heavy atom. The van der Waals surface area contributed by atoms with Crippen molar-refractivity contribution in [2.24, 2.45) is 5.92 Å². The summed E-state index contributed by atoms with van der Waals surface area (Å²) in [7, 11) is 0. The van der Waals surface area contributed by atoms with Gasteiger partial charge in [-0.15, -0.1) is 0 Å². The summed E-state index contributed by atoms with van der Waals surface area (Å²) in [4.78, 5) is 0. The average Bonchev–Trinajstić information content (AvgIpc) is 2.11. The van der Waals surface area contributed by atoms with Crippen LogP contribution in [-0.2, 0) is 0 Å². The zero-order valence-electron chi connectivity index (χ0n) is 8.40. The third-order valence-corrected chi connectivity index (χ3v) is 2.07. The minimum absolute atomic E-state index is 0.144. The van der Waals surface area contributed by atoms with E-state index in [1.165, 1.54) is 0 Å². The van der Waals surface area contributed by atoms with Crippen molar-refractivity contribution < 1.29 is 15.3 Å². The van der Waals surface area contributed by atoms with Crippen molar-refractivity contribution in [3.8, 4) is 0 Å². The van der Waals surface area contributed by atoms with Crippen LogP contribution in [0.15, 0.2) is 0 Å². The quantitative estimate of drug-likeness (QED) is 0.431. The highest BCUT2D eigenvalue weighted by molar-refractivity contribution is 4.71. The summed E-state index contributed by atoms with van der Waals surface area (Å²) in [6.45, 7) is 4.40. The van der Waals surface area contributed by atoms with Crippen molar-refractivity contribution >= 4 is 0 Å². The second kappa shape index (κ2) is 7.26. The summed E-state index contributed by atoms with van der Waals surface area (Å²) in [5.41, 5.74) is 0. The van der Waals surface area contributed by atoms with Crippen molar-refractivity contribution in [2.45, 2.75) is 32.4 Å². The van der Waals surface area contributed by atoms with Gasteiger partial charge in [0, 0.05) is 19.2 Å². The van der Waals surface area contributed by atoms with Gasteiger partial charge in [0.25, 0.3) is 0 Å². The van der Waals surface area contributed by atoms with Crippen molar-refractivity contribution in [3.05, 3.63) is 0 Å². The van der Waals surface area contributed by atoms with Gasteiger partial charge < -0.3 is 20.6 Å². The molecule has 0 aromatic carbocycles. The van der Waals surface area contributed by atoms with Crippen LogP contribution in [0, 0.1) is 5.92 Å². The van der Waals surface area contributed by atoms with Crippen LogP contribution >= 0.6 is 0 Å². The fourth-order valence-electron chi connectivity index (χ4n) is 1.16. The molecule has 4 N–H and O–H groups in total. The molecule has 0 rings (SSSR count). The molecule has 0 aromatic heterocycles. The van der Waals surface area contributed by atoms with E-state index in [9.17, 15) is 0 Å². The molecule has 13 heavy (non-hydrogen) atoms. The molecule has 0 heterocycles. The highest BCUT2D eigenvalue weighted by atomic mass is 16.3.